The number of carbonyl (C=O) groups is 1. The zero-order valence-corrected chi connectivity index (χ0v) is 13.3. The highest BCUT2D eigenvalue weighted by Gasteiger charge is 2.15. The molecule has 5 heteroatoms. The maximum atomic E-state index is 11.7. The van der Waals surface area contributed by atoms with E-state index in [2.05, 4.69) is 10.2 Å². The van der Waals surface area contributed by atoms with Crippen LogP contribution in [0.15, 0.2) is 40.8 Å². The molecule has 0 aliphatic heterocycles. The molecule has 0 fully saturated rings. The van der Waals surface area contributed by atoms with Gasteiger partial charge in [0, 0.05) is 18.1 Å². The lowest BCUT2D eigenvalue weighted by atomic mass is 9.91. The third kappa shape index (κ3) is 2.73. The molecule has 1 amide bonds. The van der Waals surface area contributed by atoms with E-state index in [1.165, 1.54) is 0 Å². The van der Waals surface area contributed by atoms with E-state index in [0.29, 0.717) is 17.3 Å². The van der Waals surface area contributed by atoms with E-state index >= 15 is 0 Å². The van der Waals surface area contributed by atoms with Gasteiger partial charge in [0.15, 0.2) is 0 Å². The Morgan fingerprint density at radius 1 is 1.04 bits per heavy atom. The smallest absolute Gasteiger partial charge is 0.249 e. The maximum absolute atomic E-state index is 11.7. The van der Waals surface area contributed by atoms with Crippen molar-refractivity contribution in [2.75, 3.05) is 0 Å². The van der Waals surface area contributed by atoms with E-state index < -0.39 is 5.91 Å². The third-order valence-electron chi connectivity index (χ3n) is 3.81. The van der Waals surface area contributed by atoms with Gasteiger partial charge in [-0.05, 0) is 54.3 Å². The van der Waals surface area contributed by atoms with Crippen LogP contribution in [0.25, 0.3) is 22.6 Å². The number of hydrogen-bond donors (Lipinski definition) is 1. The average molecular weight is 307 g/mol. The number of benzene rings is 2. The number of amides is 1. The van der Waals surface area contributed by atoms with Crippen LogP contribution in [0.5, 0.6) is 0 Å². The Morgan fingerprint density at radius 2 is 1.83 bits per heavy atom. The molecule has 3 aromatic rings. The van der Waals surface area contributed by atoms with E-state index in [1.54, 1.807) is 13.0 Å². The van der Waals surface area contributed by atoms with Crippen LogP contribution in [-0.4, -0.2) is 16.1 Å². The molecule has 5 nitrogen and oxygen atoms in total. The van der Waals surface area contributed by atoms with Crippen molar-refractivity contribution in [1.82, 2.24) is 10.2 Å². The van der Waals surface area contributed by atoms with Crippen molar-refractivity contribution in [3.8, 4) is 22.6 Å². The fraction of sp³-hybridized carbons (Fsp3) is 0.167. The van der Waals surface area contributed by atoms with Crippen LogP contribution in [0, 0.1) is 20.8 Å². The summed E-state index contributed by atoms with van der Waals surface area (Å²) in [5.41, 5.74) is 10.7. The molecular formula is C18H17N3O2. The lowest BCUT2D eigenvalue weighted by Gasteiger charge is -2.13. The molecule has 2 N–H and O–H groups in total. The van der Waals surface area contributed by atoms with Gasteiger partial charge in [0.1, 0.15) is 0 Å². The Kier molecular flexibility index (Phi) is 3.70. The number of aryl methyl sites for hydroxylation is 3. The SMILES string of the molecule is Cc1nnc(-c2ccc(-c3c(C)cccc3C(N)=O)c(C)c2)o1. The average Bonchev–Trinajstić information content (AvgIpc) is 2.94. The predicted octanol–water partition coefficient (Wildman–Crippen LogP) is 3.43. The van der Waals surface area contributed by atoms with E-state index in [9.17, 15) is 4.79 Å². The summed E-state index contributed by atoms with van der Waals surface area (Å²) in [6.07, 6.45) is 0. The monoisotopic (exact) mass is 307 g/mol. The summed E-state index contributed by atoms with van der Waals surface area (Å²) in [5.74, 6) is 0.577. The van der Waals surface area contributed by atoms with Gasteiger partial charge in [-0.3, -0.25) is 4.79 Å². The highest BCUT2D eigenvalue weighted by Crippen LogP contribution is 2.32. The first-order valence-electron chi connectivity index (χ1n) is 7.28. The molecule has 0 atom stereocenters. The van der Waals surface area contributed by atoms with Gasteiger partial charge < -0.3 is 10.2 Å². The molecule has 0 saturated heterocycles. The topological polar surface area (TPSA) is 82.0 Å². The van der Waals surface area contributed by atoms with E-state index in [1.807, 2.05) is 44.2 Å². The first-order chi connectivity index (χ1) is 11.0. The minimum absolute atomic E-state index is 0.431. The van der Waals surface area contributed by atoms with Gasteiger partial charge in [0.05, 0.1) is 0 Å². The minimum atomic E-state index is -0.431. The van der Waals surface area contributed by atoms with Crippen molar-refractivity contribution in [3.63, 3.8) is 0 Å². The Morgan fingerprint density at radius 3 is 2.43 bits per heavy atom. The highest BCUT2D eigenvalue weighted by atomic mass is 16.4. The number of nitrogens with zero attached hydrogens (tertiary/aromatic N) is 2. The van der Waals surface area contributed by atoms with Crippen LogP contribution in [-0.2, 0) is 0 Å². The summed E-state index contributed by atoms with van der Waals surface area (Å²) in [6, 6.07) is 11.4. The molecule has 3 rings (SSSR count). The van der Waals surface area contributed by atoms with Gasteiger partial charge in [-0.1, -0.05) is 18.2 Å². The van der Waals surface area contributed by atoms with Crippen LogP contribution in [0.3, 0.4) is 0 Å². The summed E-state index contributed by atoms with van der Waals surface area (Å²) in [7, 11) is 0. The van der Waals surface area contributed by atoms with Crippen molar-refractivity contribution >= 4 is 5.91 Å². The number of carbonyl (C=O) groups excluding carboxylic acids is 1. The van der Waals surface area contributed by atoms with Crippen LogP contribution in [0.2, 0.25) is 0 Å². The van der Waals surface area contributed by atoms with Crippen molar-refractivity contribution in [3.05, 3.63) is 59.0 Å². The number of hydrogen-bond acceptors (Lipinski definition) is 4. The van der Waals surface area contributed by atoms with Gasteiger partial charge in [-0.2, -0.15) is 0 Å². The molecule has 2 aromatic carbocycles. The van der Waals surface area contributed by atoms with Gasteiger partial charge >= 0.3 is 0 Å². The lowest BCUT2D eigenvalue weighted by Crippen LogP contribution is -2.13. The van der Waals surface area contributed by atoms with Crippen LogP contribution in [0.1, 0.15) is 27.4 Å². The molecule has 0 saturated carbocycles. The molecule has 1 heterocycles. The zero-order chi connectivity index (χ0) is 16.6. The molecule has 0 unspecified atom stereocenters. The molecule has 1 aromatic heterocycles. The predicted molar refractivity (Wildman–Crippen MR) is 87.9 cm³/mol. The second-order valence-electron chi connectivity index (χ2n) is 5.52. The normalized spacial score (nSPS) is 10.7. The molecule has 23 heavy (non-hydrogen) atoms. The first-order valence-corrected chi connectivity index (χ1v) is 7.28. The number of primary amides is 1. The van der Waals surface area contributed by atoms with E-state index in [4.69, 9.17) is 10.2 Å². The van der Waals surface area contributed by atoms with Crippen LogP contribution < -0.4 is 5.73 Å². The number of rotatable bonds is 3. The second-order valence-corrected chi connectivity index (χ2v) is 5.52. The highest BCUT2D eigenvalue weighted by molar-refractivity contribution is 6.01. The van der Waals surface area contributed by atoms with Crippen molar-refractivity contribution < 1.29 is 9.21 Å². The Labute approximate surface area is 134 Å². The van der Waals surface area contributed by atoms with Crippen LogP contribution >= 0.6 is 0 Å². The van der Waals surface area contributed by atoms with Crippen molar-refractivity contribution in [2.45, 2.75) is 20.8 Å². The summed E-state index contributed by atoms with van der Waals surface area (Å²) >= 11 is 0. The molecule has 0 bridgehead atoms. The van der Waals surface area contributed by atoms with Gasteiger partial charge in [0.2, 0.25) is 17.7 Å². The minimum Gasteiger partial charge on any atom is -0.421 e. The number of nitrogens with two attached hydrogens (primary N) is 1. The van der Waals surface area contributed by atoms with Gasteiger partial charge in [-0.15, -0.1) is 10.2 Å². The van der Waals surface area contributed by atoms with Crippen molar-refractivity contribution in [1.29, 1.82) is 0 Å². The summed E-state index contributed by atoms with van der Waals surface area (Å²) in [5, 5.41) is 7.88. The molecule has 0 aliphatic rings. The molecule has 0 aliphatic carbocycles. The fourth-order valence-electron chi connectivity index (χ4n) is 2.72. The largest absolute Gasteiger partial charge is 0.421 e. The van der Waals surface area contributed by atoms with Gasteiger partial charge in [0.25, 0.3) is 0 Å². The summed E-state index contributed by atoms with van der Waals surface area (Å²) in [4.78, 5) is 11.7. The third-order valence-corrected chi connectivity index (χ3v) is 3.81. The van der Waals surface area contributed by atoms with Gasteiger partial charge in [-0.25, -0.2) is 0 Å². The van der Waals surface area contributed by atoms with E-state index in [0.717, 1.165) is 27.8 Å². The lowest BCUT2D eigenvalue weighted by molar-refractivity contribution is 0.100. The summed E-state index contributed by atoms with van der Waals surface area (Å²) < 4.78 is 5.46. The first kappa shape index (κ1) is 15.0. The Hall–Kier alpha value is -2.95. The Bertz CT molecular complexity index is 897. The maximum Gasteiger partial charge on any atom is 0.249 e. The fourth-order valence-corrected chi connectivity index (χ4v) is 2.72. The number of aromatic nitrogens is 2. The second kappa shape index (κ2) is 5.68. The van der Waals surface area contributed by atoms with Crippen LogP contribution in [0.4, 0.5) is 0 Å². The Balaban J connectivity index is 2.14. The molecule has 116 valence electrons. The van der Waals surface area contributed by atoms with Crippen molar-refractivity contribution in [2.24, 2.45) is 5.73 Å². The summed E-state index contributed by atoms with van der Waals surface area (Å²) in [6.45, 7) is 5.71. The standard InChI is InChI=1S/C18H17N3O2/c1-10-5-4-6-15(17(19)22)16(10)14-8-7-13(9-11(14)2)18-21-20-12(3)23-18/h4-9H,1-3H3,(H2,19,22). The molecule has 0 radical (unpaired) electrons. The molecule has 0 spiro atoms. The quantitative estimate of drug-likeness (QED) is 0.803. The van der Waals surface area contributed by atoms with E-state index in [-0.39, 0.29) is 0 Å². The zero-order valence-electron chi connectivity index (χ0n) is 13.3. The molecular weight excluding hydrogens is 290 g/mol.